The molecule has 0 saturated heterocycles. The fourth-order valence-corrected chi connectivity index (χ4v) is 7.85. The van der Waals surface area contributed by atoms with E-state index < -0.39 is 0 Å². The Kier molecular flexibility index (Phi) is 6.50. The lowest BCUT2D eigenvalue weighted by atomic mass is 9.86. The van der Waals surface area contributed by atoms with Crippen LogP contribution in [0.15, 0.2) is 156 Å². The summed E-state index contributed by atoms with van der Waals surface area (Å²) in [5.74, 6) is 0.928. The molecule has 10 rings (SSSR count). The van der Waals surface area contributed by atoms with Crippen molar-refractivity contribution in [1.82, 2.24) is 9.55 Å². The van der Waals surface area contributed by atoms with Crippen molar-refractivity contribution in [3.63, 3.8) is 0 Å². The SMILES string of the molecule is CN(c1ccc(-c2nc3ccccc3n2-c2ccccc2)cc1)c1ccc2oc3c4ccccc4ccc3c2c1C1=Cc2ccccc2CC1. The number of allylic oxidation sites excluding steroid dienone is 1. The van der Waals surface area contributed by atoms with Crippen LogP contribution in [0.4, 0.5) is 11.4 Å². The number of hydrogen-bond donors (Lipinski definition) is 0. The second-order valence-electron chi connectivity index (χ2n) is 13.2. The van der Waals surface area contributed by atoms with Gasteiger partial charge in [-0.25, -0.2) is 4.98 Å². The van der Waals surface area contributed by atoms with Crippen LogP contribution < -0.4 is 4.90 Å². The summed E-state index contributed by atoms with van der Waals surface area (Å²) in [6.45, 7) is 0. The molecule has 7 aromatic carbocycles. The summed E-state index contributed by atoms with van der Waals surface area (Å²) < 4.78 is 8.94. The molecule has 2 aromatic heterocycles. The second-order valence-corrected chi connectivity index (χ2v) is 13.2. The Labute approximate surface area is 290 Å². The largest absolute Gasteiger partial charge is 0.455 e. The number of imidazole rings is 1. The van der Waals surface area contributed by atoms with Gasteiger partial charge in [-0.1, -0.05) is 91.0 Å². The quantitative estimate of drug-likeness (QED) is 0.187. The molecule has 0 spiro atoms. The Morgan fingerprint density at radius 3 is 2.34 bits per heavy atom. The Morgan fingerprint density at radius 2 is 1.44 bits per heavy atom. The highest BCUT2D eigenvalue weighted by Gasteiger charge is 2.24. The lowest BCUT2D eigenvalue weighted by Crippen LogP contribution is -2.12. The molecule has 0 amide bonds. The van der Waals surface area contributed by atoms with Crippen molar-refractivity contribution >= 4 is 66.8 Å². The molecule has 0 saturated carbocycles. The van der Waals surface area contributed by atoms with E-state index in [0.29, 0.717) is 0 Å². The van der Waals surface area contributed by atoms with E-state index in [-0.39, 0.29) is 0 Å². The third kappa shape index (κ3) is 4.49. The average Bonchev–Trinajstić information content (AvgIpc) is 3.77. The molecule has 2 heterocycles. The molecule has 0 radical (unpaired) electrons. The van der Waals surface area contributed by atoms with Gasteiger partial charge in [0, 0.05) is 51.4 Å². The summed E-state index contributed by atoms with van der Waals surface area (Å²) in [6.07, 6.45) is 4.37. The Morgan fingerprint density at radius 1 is 0.660 bits per heavy atom. The summed E-state index contributed by atoms with van der Waals surface area (Å²) in [5.41, 5.74) is 13.6. The lowest BCUT2D eigenvalue weighted by molar-refractivity contribution is 0.672. The van der Waals surface area contributed by atoms with Crippen molar-refractivity contribution < 1.29 is 4.42 Å². The highest BCUT2D eigenvalue weighted by Crippen LogP contribution is 2.46. The van der Waals surface area contributed by atoms with Gasteiger partial charge >= 0.3 is 0 Å². The normalized spacial score (nSPS) is 12.9. The first-order valence-electron chi connectivity index (χ1n) is 17.2. The number of fused-ring (bicyclic) bond motifs is 7. The molecule has 0 unspecified atom stereocenters. The molecular formula is C46H33N3O. The molecule has 0 fully saturated rings. The highest BCUT2D eigenvalue weighted by atomic mass is 16.3. The van der Waals surface area contributed by atoms with E-state index in [1.807, 2.05) is 6.07 Å². The Bertz CT molecular complexity index is 2770. The number of furan rings is 1. The number of nitrogens with zero attached hydrogens (tertiary/aromatic N) is 3. The van der Waals surface area contributed by atoms with Gasteiger partial charge in [0.2, 0.25) is 0 Å². The maximum absolute atomic E-state index is 6.69. The number of para-hydroxylation sites is 3. The van der Waals surface area contributed by atoms with E-state index in [9.17, 15) is 0 Å². The fourth-order valence-electron chi connectivity index (χ4n) is 7.85. The maximum atomic E-state index is 6.69. The minimum absolute atomic E-state index is 0.915. The summed E-state index contributed by atoms with van der Waals surface area (Å²) in [5, 5.41) is 4.65. The minimum Gasteiger partial charge on any atom is -0.455 e. The van der Waals surface area contributed by atoms with Gasteiger partial charge in [0.05, 0.1) is 11.0 Å². The molecule has 4 heteroatoms. The number of benzene rings is 7. The summed E-state index contributed by atoms with van der Waals surface area (Å²) in [7, 11) is 2.17. The molecule has 0 atom stereocenters. The van der Waals surface area contributed by atoms with Crippen molar-refractivity contribution in [2.24, 2.45) is 0 Å². The van der Waals surface area contributed by atoms with Crippen LogP contribution in [-0.2, 0) is 6.42 Å². The number of anilines is 2. The molecular weight excluding hydrogens is 611 g/mol. The number of aromatic nitrogens is 2. The Hall–Kier alpha value is -6.39. The van der Waals surface area contributed by atoms with Crippen LogP contribution in [0.25, 0.3) is 72.5 Å². The van der Waals surface area contributed by atoms with Crippen LogP contribution >= 0.6 is 0 Å². The predicted molar refractivity (Wildman–Crippen MR) is 208 cm³/mol. The third-order valence-corrected chi connectivity index (χ3v) is 10.3. The zero-order chi connectivity index (χ0) is 33.2. The average molecular weight is 644 g/mol. The van der Waals surface area contributed by atoms with Gasteiger partial charge in [-0.05, 0) is 102 Å². The maximum Gasteiger partial charge on any atom is 0.145 e. The van der Waals surface area contributed by atoms with Crippen LogP contribution in [0, 0.1) is 0 Å². The van der Waals surface area contributed by atoms with E-state index in [1.54, 1.807) is 0 Å². The van der Waals surface area contributed by atoms with Crippen molar-refractivity contribution in [1.29, 1.82) is 0 Å². The van der Waals surface area contributed by atoms with Crippen LogP contribution in [0.1, 0.15) is 23.1 Å². The van der Waals surface area contributed by atoms with Crippen molar-refractivity contribution in [2.75, 3.05) is 11.9 Å². The van der Waals surface area contributed by atoms with Crippen LogP contribution in [0.3, 0.4) is 0 Å². The van der Waals surface area contributed by atoms with Crippen molar-refractivity contribution in [2.45, 2.75) is 12.8 Å². The van der Waals surface area contributed by atoms with Gasteiger partial charge in [0.25, 0.3) is 0 Å². The monoisotopic (exact) mass is 643 g/mol. The smallest absolute Gasteiger partial charge is 0.145 e. The summed E-state index contributed by atoms with van der Waals surface area (Å²) >= 11 is 0. The van der Waals surface area contributed by atoms with Gasteiger partial charge in [0.15, 0.2) is 0 Å². The minimum atomic E-state index is 0.915. The van der Waals surface area contributed by atoms with Crippen LogP contribution in [-0.4, -0.2) is 16.6 Å². The van der Waals surface area contributed by atoms with Gasteiger partial charge in [-0.3, -0.25) is 4.57 Å². The van der Waals surface area contributed by atoms with E-state index in [4.69, 9.17) is 9.40 Å². The van der Waals surface area contributed by atoms with Gasteiger partial charge in [-0.15, -0.1) is 0 Å². The number of hydrogen-bond acceptors (Lipinski definition) is 3. The van der Waals surface area contributed by atoms with Crippen LogP contribution in [0.5, 0.6) is 0 Å². The summed E-state index contributed by atoms with van der Waals surface area (Å²) in [6, 6.07) is 53.7. The molecule has 1 aliphatic rings. The molecule has 9 aromatic rings. The van der Waals surface area contributed by atoms with Crippen molar-refractivity contribution in [3.05, 3.63) is 168 Å². The second kappa shape index (κ2) is 11.4. The van der Waals surface area contributed by atoms with Crippen molar-refractivity contribution in [3.8, 4) is 17.1 Å². The first-order chi connectivity index (χ1) is 24.7. The number of rotatable bonds is 5. The topological polar surface area (TPSA) is 34.2 Å². The molecule has 0 aliphatic heterocycles. The van der Waals surface area contributed by atoms with E-state index in [2.05, 4.69) is 168 Å². The molecule has 50 heavy (non-hydrogen) atoms. The highest BCUT2D eigenvalue weighted by molar-refractivity contribution is 6.20. The Balaban J connectivity index is 1.13. The van der Waals surface area contributed by atoms with E-state index in [1.165, 1.54) is 33.0 Å². The molecule has 0 N–H and O–H groups in total. The first kappa shape index (κ1) is 28.6. The molecule has 0 bridgehead atoms. The van der Waals surface area contributed by atoms with Gasteiger partial charge in [-0.2, -0.15) is 0 Å². The van der Waals surface area contributed by atoms with E-state index in [0.717, 1.165) is 74.3 Å². The molecule has 238 valence electrons. The zero-order valence-electron chi connectivity index (χ0n) is 27.7. The fraction of sp³-hybridized carbons (Fsp3) is 0.0652. The lowest BCUT2D eigenvalue weighted by Gasteiger charge is -2.26. The third-order valence-electron chi connectivity index (χ3n) is 10.3. The molecule has 1 aliphatic carbocycles. The van der Waals surface area contributed by atoms with Crippen LogP contribution in [0.2, 0.25) is 0 Å². The zero-order valence-corrected chi connectivity index (χ0v) is 27.7. The van der Waals surface area contributed by atoms with Gasteiger partial charge < -0.3 is 9.32 Å². The predicted octanol–water partition coefficient (Wildman–Crippen LogP) is 12.0. The molecule has 4 nitrogen and oxygen atoms in total. The standard InChI is InChI=1S/C46H33N3O/c1-48(35-24-21-32(22-25-35)46-47-39-17-9-10-18-40(39)49(46)36-14-3-2-4-15-36)41-27-28-42-44(38-26-23-31-12-7-8-16-37(31)45(38)50-42)43(41)34-20-19-30-11-5-6-13-33(30)29-34/h2-18,21-29H,19-20H2,1H3. The van der Waals surface area contributed by atoms with Gasteiger partial charge in [0.1, 0.15) is 17.0 Å². The number of aryl methyl sites for hydroxylation is 1. The first-order valence-corrected chi connectivity index (χ1v) is 17.2. The van der Waals surface area contributed by atoms with E-state index >= 15 is 0 Å². The summed E-state index contributed by atoms with van der Waals surface area (Å²) in [4.78, 5) is 7.42.